The van der Waals surface area contributed by atoms with Crippen LogP contribution in [0.15, 0.2) is 97.1 Å². The first-order valence-corrected chi connectivity index (χ1v) is 17.0. The number of carbonyl (C=O) groups excluding carboxylic acids is 1. The SMILES string of the molecule is COc1cc2c(cc1OC)C(CC#N)N(CCCC(CCCNC(=O)CCc1ccc(F)cc1)(c1ccccc1)c1ccccc1)CC2. The van der Waals surface area contributed by atoms with E-state index in [0.29, 0.717) is 31.6 Å². The Morgan fingerprint density at radius 1 is 0.917 bits per heavy atom. The van der Waals surface area contributed by atoms with Crippen molar-refractivity contribution in [1.82, 2.24) is 10.2 Å². The van der Waals surface area contributed by atoms with Crippen molar-refractivity contribution in [2.75, 3.05) is 33.9 Å². The minimum atomic E-state index is -0.270. The van der Waals surface area contributed by atoms with Crippen molar-refractivity contribution in [1.29, 1.82) is 5.26 Å². The highest BCUT2D eigenvalue weighted by atomic mass is 19.1. The van der Waals surface area contributed by atoms with Gasteiger partial charge >= 0.3 is 0 Å². The van der Waals surface area contributed by atoms with Gasteiger partial charge in [-0.2, -0.15) is 5.26 Å². The third-order valence-electron chi connectivity index (χ3n) is 9.76. The molecule has 0 fully saturated rings. The highest BCUT2D eigenvalue weighted by Crippen LogP contribution is 2.43. The molecule has 1 aliphatic heterocycles. The minimum absolute atomic E-state index is 0.00696. The zero-order valence-electron chi connectivity index (χ0n) is 28.1. The van der Waals surface area contributed by atoms with E-state index in [1.165, 1.54) is 28.8 Å². The van der Waals surface area contributed by atoms with Gasteiger partial charge < -0.3 is 14.8 Å². The predicted octanol–water partition coefficient (Wildman–Crippen LogP) is 7.95. The molecule has 0 saturated carbocycles. The lowest BCUT2D eigenvalue weighted by Crippen LogP contribution is -2.37. The van der Waals surface area contributed by atoms with Crippen molar-refractivity contribution in [2.24, 2.45) is 0 Å². The summed E-state index contributed by atoms with van der Waals surface area (Å²) in [6, 6.07) is 34.3. The summed E-state index contributed by atoms with van der Waals surface area (Å²) in [6.45, 7) is 2.33. The Morgan fingerprint density at radius 3 is 2.17 bits per heavy atom. The second-order valence-corrected chi connectivity index (χ2v) is 12.6. The lowest BCUT2D eigenvalue weighted by Gasteiger charge is -2.39. The molecule has 0 aromatic heterocycles. The van der Waals surface area contributed by atoms with Crippen molar-refractivity contribution in [3.63, 3.8) is 0 Å². The van der Waals surface area contributed by atoms with E-state index in [0.717, 1.165) is 62.1 Å². The standard InChI is InChI=1S/C41H46FN3O3/c1-47-38-29-32-22-28-45(37(21-25-43)36(32)30-39(38)48-2)27-10-24-41(33-11-5-3-6-12-33,34-13-7-4-8-14-34)23-9-26-44-40(46)20-17-31-15-18-35(42)19-16-31/h3-8,11-16,18-19,29-30,37H,9-10,17,20-24,26-28H2,1-2H3,(H,44,46). The molecule has 250 valence electrons. The molecular formula is C41H46FN3O3. The van der Waals surface area contributed by atoms with Gasteiger partial charge in [-0.05, 0) is 97.2 Å². The molecule has 4 aromatic rings. The van der Waals surface area contributed by atoms with Gasteiger partial charge in [0.05, 0.1) is 26.7 Å². The van der Waals surface area contributed by atoms with Crippen molar-refractivity contribution in [2.45, 2.75) is 62.8 Å². The van der Waals surface area contributed by atoms with Gasteiger partial charge in [-0.25, -0.2) is 4.39 Å². The van der Waals surface area contributed by atoms with Gasteiger partial charge in [-0.3, -0.25) is 9.69 Å². The molecule has 1 unspecified atom stereocenters. The number of hydrogen-bond acceptors (Lipinski definition) is 5. The monoisotopic (exact) mass is 647 g/mol. The quantitative estimate of drug-likeness (QED) is 0.125. The summed E-state index contributed by atoms with van der Waals surface area (Å²) in [7, 11) is 3.30. The number of hydrogen-bond donors (Lipinski definition) is 1. The van der Waals surface area contributed by atoms with Crippen molar-refractivity contribution < 1.29 is 18.7 Å². The average molecular weight is 648 g/mol. The van der Waals surface area contributed by atoms with E-state index in [4.69, 9.17) is 9.47 Å². The smallest absolute Gasteiger partial charge is 0.220 e. The van der Waals surface area contributed by atoms with Crippen LogP contribution in [-0.2, 0) is 23.1 Å². The molecule has 0 spiro atoms. The third kappa shape index (κ3) is 8.42. The predicted molar refractivity (Wildman–Crippen MR) is 188 cm³/mol. The van der Waals surface area contributed by atoms with Crippen LogP contribution < -0.4 is 14.8 Å². The summed E-state index contributed by atoms with van der Waals surface area (Å²) >= 11 is 0. The number of aryl methyl sites for hydroxylation is 1. The van der Waals surface area contributed by atoms with E-state index in [1.54, 1.807) is 26.4 Å². The third-order valence-corrected chi connectivity index (χ3v) is 9.76. The average Bonchev–Trinajstić information content (AvgIpc) is 3.13. The Morgan fingerprint density at radius 2 is 1.54 bits per heavy atom. The number of nitrogens with zero attached hydrogens (tertiary/aromatic N) is 2. The van der Waals surface area contributed by atoms with Crippen LogP contribution in [0.4, 0.5) is 4.39 Å². The maximum Gasteiger partial charge on any atom is 0.220 e. The fourth-order valence-corrected chi connectivity index (χ4v) is 7.26. The largest absolute Gasteiger partial charge is 0.493 e. The van der Waals surface area contributed by atoms with Crippen LogP contribution in [0.25, 0.3) is 0 Å². The Balaban J connectivity index is 1.30. The summed E-state index contributed by atoms with van der Waals surface area (Å²) in [5.41, 5.74) is 5.61. The number of carbonyl (C=O) groups is 1. The number of amides is 1. The number of halogens is 1. The normalized spacial score (nSPS) is 14.5. The summed E-state index contributed by atoms with van der Waals surface area (Å²) in [5.74, 6) is 1.15. The van der Waals surface area contributed by atoms with Crippen LogP contribution >= 0.6 is 0 Å². The molecule has 4 aromatic carbocycles. The van der Waals surface area contributed by atoms with E-state index >= 15 is 0 Å². The summed E-state index contributed by atoms with van der Waals surface area (Å²) in [4.78, 5) is 15.2. The van der Waals surface area contributed by atoms with E-state index in [-0.39, 0.29) is 23.2 Å². The highest BCUT2D eigenvalue weighted by Gasteiger charge is 2.35. The zero-order valence-corrected chi connectivity index (χ0v) is 28.1. The second-order valence-electron chi connectivity index (χ2n) is 12.6. The van der Waals surface area contributed by atoms with Gasteiger partial charge in [0.25, 0.3) is 0 Å². The Hall–Kier alpha value is -4.67. The number of benzene rings is 4. The zero-order chi connectivity index (χ0) is 33.8. The van der Waals surface area contributed by atoms with E-state index in [9.17, 15) is 14.4 Å². The van der Waals surface area contributed by atoms with Gasteiger partial charge in [0.1, 0.15) is 5.82 Å². The fourth-order valence-electron chi connectivity index (χ4n) is 7.26. The number of fused-ring (bicyclic) bond motifs is 1. The number of nitrogens with one attached hydrogen (secondary N) is 1. The van der Waals surface area contributed by atoms with E-state index < -0.39 is 0 Å². The van der Waals surface area contributed by atoms with Crippen LogP contribution in [-0.4, -0.2) is 44.7 Å². The molecular weight excluding hydrogens is 601 g/mol. The topological polar surface area (TPSA) is 74.6 Å². The maximum atomic E-state index is 13.3. The second kappa shape index (κ2) is 16.9. The molecule has 6 nitrogen and oxygen atoms in total. The van der Waals surface area contributed by atoms with Crippen LogP contribution in [0.2, 0.25) is 0 Å². The van der Waals surface area contributed by atoms with E-state index in [1.807, 2.05) is 0 Å². The summed E-state index contributed by atoms with van der Waals surface area (Å²) < 4.78 is 24.4. The molecule has 1 atom stereocenters. The first-order valence-electron chi connectivity index (χ1n) is 17.0. The first-order chi connectivity index (χ1) is 23.5. The molecule has 48 heavy (non-hydrogen) atoms. The maximum absolute atomic E-state index is 13.3. The Labute approximate surface area is 284 Å². The lowest BCUT2D eigenvalue weighted by atomic mass is 9.68. The lowest BCUT2D eigenvalue weighted by molar-refractivity contribution is -0.121. The Bertz CT molecular complexity index is 1620. The van der Waals surface area contributed by atoms with Crippen molar-refractivity contribution >= 4 is 5.91 Å². The van der Waals surface area contributed by atoms with Crippen LogP contribution in [0.1, 0.15) is 72.4 Å². The van der Waals surface area contributed by atoms with Gasteiger partial charge in [0, 0.05) is 31.0 Å². The van der Waals surface area contributed by atoms with Gasteiger partial charge in [-0.15, -0.1) is 0 Å². The molecule has 0 aliphatic carbocycles. The summed E-state index contributed by atoms with van der Waals surface area (Å²) in [5, 5.41) is 12.9. The molecule has 1 aliphatic rings. The first kappa shape index (κ1) is 34.7. The minimum Gasteiger partial charge on any atom is -0.493 e. The van der Waals surface area contributed by atoms with Gasteiger partial charge in [0.15, 0.2) is 11.5 Å². The molecule has 7 heteroatoms. The number of rotatable bonds is 16. The molecule has 0 radical (unpaired) electrons. The van der Waals surface area contributed by atoms with Crippen molar-refractivity contribution in [3.8, 4) is 17.6 Å². The van der Waals surface area contributed by atoms with Gasteiger partial charge in [0.2, 0.25) is 5.91 Å². The van der Waals surface area contributed by atoms with Crippen LogP contribution in [0, 0.1) is 17.1 Å². The Kier molecular flexibility index (Phi) is 12.2. The van der Waals surface area contributed by atoms with Crippen molar-refractivity contribution in [3.05, 3.63) is 131 Å². The molecule has 5 rings (SSSR count). The molecule has 0 saturated heterocycles. The molecule has 1 heterocycles. The summed E-state index contributed by atoms with van der Waals surface area (Å²) in [6.07, 6.45) is 5.82. The molecule has 1 N–H and O–H groups in total. The van der Waals surface area contributed by atoms with E-state index in [2.05, 4.69) is 89.1 Å². The van der Waals surface area contributed by atoms with Gasteiger partial charge in [-0.1, -0.05) is 72.8 Å². The number of methoxy groups -OCH3 is 2. The fraction of sp³-hybridized carbons (Fsp3) is 0.366. The van der Waals surface area contributed by atoms with Crippen LogP contribution in [0.3, 0.4) is 0 Å². The number of ether oxygens (including phenoxy) is 2. The molecule has 1 amide bonds. The van der Waals surface area contributed by atoms with Crippen LogP contribution in [0.5, 0.6) is 11.5 Å². The highest BCUT2D eigenvalue weighted by molar-refractivity contribution is 5.76. The molecule has 0 bridgehead atoms. The number of nitriles is 1.